The highest BCUT2D eigenvalue weighted by Crippen LogP contribution is 2.16. The number of hydrogen-bond acceptors (Lipinski definition) is 2. The Balaban J connectivity index is 2.13. The smallest absolute Gasteiger partial charge is 0.0795 e. The van der Waals surface area contributed by atoms with Crippen molar-refractivity contribution in [1.29, 1.82) is 0 Å². The number of hydrogen-bond donors (Lipinski definition) is 1. The van der Waals surface area contributed by atoms with Crippen molar-refractivity contribution in [2.45, 2.75) is 19.4 Å². The lowest BCUT2D eigenvalue weighted by Gasteiger charge is -2.10. The number of nitrogens with two attached hydrogens (primary N) is 1. The Morgan fingerprint density at radius 2 is 2.06 bits per heavy atom. The van der Waals surface area contributed by atoms with Gasteiger partial charge in [-0.3, -0.25) is 4.68 Å². The molecule has 3 heteroatoms. The Morgan fingerprint density at radius 1 is 1.31 bits per heavy atom. The Kier molecular flexibility index (Phi) is 3.06. The van der Waals surface area contributed by atoms with E-state index in [0.717, 1.165) is 12.1 Å². The summed E-state index contributed by atoms with van der Waals surface area (Å²) >= 11 is 0. The average Bonchev–Trinajstić information content (AvgIpc) is 2.68. The largest absolute Gasteiger partial charge is 0.322 e. The molecular formula is C13H17N3. The number of benzene rings is 1. The molecule has 0 saturated heterocycles. The van der Waals surface area contributed by atoms with Gasteiger partial charge in [0.05, 0.1) is 11.7 Å². The third-order valence-corrected chi connectivity index (χ3v) is 2.82. The Bertz CT molecular complexity index is 474. The lowest BCUT2D eigenvalue weighted by atomic mass is 10.00. The SMILES string of the molecule is Cc1ccccc1CC(N)c1ccn(C)n1. The zero-order chi connectivity index (χ0) is 11.5. The Labute approximate surface area is 95.9 Å². The van der Waals surface area contributed by atoms with Crippen LogP contribution in [0.5, 0.6) is 0 Å². The van der Waals surface area contributed by atoms with Gasteiger partial charge in [0.1, 0.15) is 0 Å². The molecule has 3 nitrogen and oxygen atoms in total. The second-order valence-corrected chi connectivity index (χ2v) is 4.15. The minimum Gasteiger partial charge on any atom is -0.322 e. The number of nitrogens with zero attached hydrogens (tertiary/aromatic N) is 2. The van der Waals surface area contributed by atoms with Crippen LogP contribution in [-0.2, 0) is 13.5 Å². The topological polar surface area (TPSA) is 43.8 Å². The third kappa shape index (κ3) is 2.31. The first-order valence-corrected chi connectivity index (χ1v) is 5.46. The molecule has 0 bridgehead atoms. The van der Waals surface area contributed by atoms with E-state index < -0.39 is 0 Å². The van der Waals surface area contributed by atoms with Gasteiger partial charge in [0.2, 0.25) is 0 Å². The molecule has 0 aliphatic carbocycles. The average molecular weight is 215 g/mol. The van der Waals surface area contributed by atoms with Gasteiger partial charge in [-0.1, -0.05) is 24.3 Å². The second-order valence-electron chi connectivity index (χ2n) is 4.15. The molecule has 2 rings (SSSR count). The van der Waals surface area contributed by atoms with Crippen LogP contribution in [0.1, 0.15) is 22.9 Å². The summed E-state index contributed by atoms with van der Waals surface area (Å²) in [6.45, 7) is 2.11. The van der Waals surface area contributed by atoms with Gasteiger partial charge >= 0.3 is 0 Å². The van der Waals surface area contributed by atoms with Crippen molar-refractivity contribution in [3.63, 3.8) is 0 Å². The van der Waals surface area contributed by atoms with E-state index in [1.807, 2.05) is 31.4 Å². The van der Waals surface area contributed by atoms with Gasteiger partial charge < -0.3 is 5.73 Å². The van der Waals surface area contributed by atoms with Crippen LogP contribution in [0.2, 0.25) is 0 Å². The quantitative estimate of drug-likeness (QED) is 0.850. The number of rotatable bonds is 3. The fourth-order valence-electron chi connectivity index (χ4n) is 1.81. The molecule has 0 aliphatic heterocycles. The number of aromatic nitrogens is 2. The van der Waals surface area contributed by atoms with Gasteiger partial charge in [0, 0.05) is 13.2 Å². The molecule has 84 valence electrons. The van der Waals surface area contributed by atoms with Crippen LogP contribution in [0, 0.1) is 6.92 Å². The molecular weight excluding hydrogens is 198 g/mol. The molecule has 2 N–H and O–H groups in total. The predicted molar refractivity (Wildman–Crippen MR) is 65.0 cm³/mol. The van der Waals surface area contributed by atoms with Crippen LogP contribution in [0.25, 0.3) is 0 Å². The van der Waals surface area contributed by atoms with Gasteiger partial charge in [0.25, 0.3) is 0 Å². The van der Waals surface area contributed by atoms with E-state index in [2.05, 4.69) is 24.2 Å². The summed E-state index contributed by atoms with van der Waals surface area (Å²) in [6.07, 6.45) is 2.76. The molecule has 0 saturated carbocycles. The van der Waals surface area contributed by atoms with Gasteiger partial charge in [-0.25, -0.2) is 0 Å². The van der Waals surface area contributed by atoms with Crippen molar-refractivity contribution in [2.24, 2.45) is 12.8 Å². The molecule has 1 atom stereocenters. The molecule has 0 spiro atoms. The molecule has 1 unspecified atom stereocenters. The van der Waals surface area contributed by atoms with Crippen LogP contribution in [0.15, 0.2) is 36.5 Å². The molecule has 16 heavy (non-hydrogen) atoms. The van der Waals surface area contributed by atoms with Crippen molar-refractivity contribution in [2.75, 3.05) is 0 Å². The van der Waals surface area contributed by atoms with Gasteiger partial charge in [-0.15, -0.1) is 0 Å². The highest BCUT2D eigenvalue weighted by Gasteiger charge is 2.10. The van der Waals surface area contributed by atoms with Crippen molar-refractivity contribution < 1.29 is 0 Å². The highest BCUT2D eigenvalue weighted by molar-refractivity contribution is 5.27. The molecule has 1 aromatic carbocycles. The highest BCUT2D eigenvalue weighted by atomic mass is 15.3. The lowest BCUT2D eigenvalue weighted by Crippen LogP contribution is -2.15. The van der Waals surface area contributed by atoms with E-state index in [9.17, 15) is 0 Å². The van der Waals surface area contributed by atoms with Crippen molar-refractivity contribution >= 4 is 0 Å². The maximum absolute atomic E-state index is 6.13. The fourth-order valence-corrected chi connectivity index (χ4v) is 1.81. The van der Waals surface area contributed by atoms with Crippen LogP contribution >= 0.6 is 0 Å². The Hall–Kier alpha value is -1.61. The maximum Gasteiger partial charge on any atom is 0.0795 e. The van der Waals surface area contributed by atoms with Crippen LogP contribution in [0.4, 0.5) is 0 Å². The van der Waals surface area contributed by atoms with Crippen LogP contribution < -0.4 is 5.73 Å². The molecule has 0 aliphatic rings. The monoisotopic (exact) mass is 215 g/mol. The summed E-state index contributed by atoms with van der Waals surface area (Å²) in [6, 6.07) is 10.3. The van der Waals surface area contributed by atoms with Gasteiger partial charge in [-0.05, 0) is 30.5 Å². The Morgan fingerprint density at radius 3 is 2.69 bits per heavy atom. The summed E-state index contributed by atoms with van der Waals surface area (Å²) in [4.78, 5) is 0. The first kappa shape index (κ1) is 10.9. The zero-order valence-electron chi connectivity index (χ0n) is 9.72. The minimum atomic E-state index is -0.0256. The van der Waals surface area contributed by atoms with E-state index in [0.29, 0.717) is 0 Å². The lowest BCUT2D eigenvalue weighted by molar-refractivity contribution is 0.656. The first-order chi connectivity index (χ1) is 7.66. The normalized spacial score (nSPS) is 12.7. The van der Waals surface area contributed by atoms with Crippen LogP contribution in [0.3, 0.4) is 0 Å². The van der Waals surface area contributed by atoms with Crippen molar-refractivity contribution in [3.8, 4) is 0 Å². The molecule has 1 aromatic heterocycles. The summed E-state index contributed by atoms with van der Waals surface area (Å²) in [5, 5.41) is 4.33. The standard InChI is InChI=1S/C13H17N3/c1-10-5-3-4-6-11(10)9-12(14)13-7-8-16(2)15-13/h3-8,12H,9,14H2,1-2H3. The molecule has 0 radical (unpaired) electrons. The second kappa shape index (κ2) is 4.49. The predicted octanol–water partition coefficient (Wildman–Crippen LogP) is 1.97. The van der Waals surface area contributed by atoms with E-state index in [1.54, 1.807) is 4.68 Å². The van der Waals surface area contributed by atoms with Crippen LogP contribution in [-0.4, -0.2) is 9.78 Å². The number of aryl methyl sites for hydroxylation is 2. The van der Waals surface area contributed by atoms with Crippen molar-refractivity contribution in [3.05, 3.63) is 53.3 Å². The minimum absolute atomic E-state index is 0.0256. The van der Waals surface area contributed by atoms with E-state index >= 15 is 0 Å². The third-order valence-electron chi connectivity index (χ3n) is 2.82. The summed E-state index contributed by atoms with van der Waals surface area (Å²) in [5.74, 6) is 0. The van der Waals surface area contributed by atoms with Gasteiger partial charge in [-0.2, -0.15) is 5.10 Å². The fraction of sp³-hybridized carbons (Fsp3) is 0.308. The van der Waals surface area contributed by atoms with E-state index in [-0.39, 0.29) is 6.04 Å². The molecule has 0 amide bonds. The zero-order valence-corrected chi connectivity index (χ0v) is 9.72. The summed E-state index contributed by atoms with van der Waals surface area (Å²) in [5.41, 5.74) is 9.66. The molecule has 2 aromatic rings. The van der Waals surface area contributed by atoms with E-state index in [4.69, 9.17) is 5.73 Å². The molecule has 1 heterocycles. The maximum atomic E-state index is 6.13. The van der Waals surface area contributed by atoms with E-state index in [1.165, 1.54) is 11.1 Å². The molecule has 0 fully saturated rings. The first-order valence-electron chi connectivity index (χ1n) is 5.46. The van der Waals surface area contributed by atoms with Gasteiger partial charge in [0.15, 0.2) is 0 Å². The summed E-state index contributed by atoms with van der Waals surface area (Å²) in [7, 11) is 1.91. The van der Waals surface area contributed by atoms with Crippen molar-refractivity contribution in [1.82, 2.24) is 9.78 Å². The summed E-state index contributed by atoms with van der Waals surface area (Å²) < 4.78 is 1.78.